The lowest BCUT2D eigenvalue weighted by Crippen LogP contribution is -2.33. The summed E-state index contributed by atoms with van der Waals surface area (Å²) in [6.07, 6.45) is 3.12. The Kier molecular flexibility index (Phi) is 4.76. The number of carbonyl (C=O) groups excluding carboxylic acids is 1. The quantitative estimate of drug-likeness (QED) is 0.593. The molecule has 1 aromatic carbocycles. The molecule has 3 heteroatoms. The molecule has 0 aliphatic heterocycles. The van der Waals surface area contributed by atoms with Crippen molar-refractivity contribution in [2.75, 3.05) is 19.7 Å². The second-order valence-corrected chi connectivity index (χ2v) is 4.80. The third-order valence-corrected chi connectivity index (χ3v) is 3.38. The van der Waals surface area contributed by atoms with Gasteiger partial charge in [-0.15, -0.1) is 0 Å². The number of hydrogen-bond acceptors (Lipinski definition) is 3. The SMILES string of the molecule is CCCCOC(=O)CNCC1Cc2ccccc21. The van der Waals surface area contributed by atoms with E-state index in [9.17, 15) is 4.79 Å². The molecule has 0 saturated heterocycles. The summed E-state index contributed by atoms with van der Waals surface area (Å²) in [5, 5.41) is 3.18. The number of hydrogen-bond donors (Lipinski definition) is 1. The van der Waals surface area contributed by atoms with Gasteiger partial charge >= 0.3 is 5.97 Å². The number of carbonyl (C=O) groups is 1. The molecule has 0 bridgehead atoms. The van der Waals surface area contributed by atoms with Crippen molar-refractivity contribution in [3.8, 4) is 0 Å². The zero-order chi connectivity index (χ0) is 12.8. The molecule has 18 heavy (non-hydrogen) atoms. The van der Waals surface area contributed by atoms with E-state index in [2.05, 4.69) is 36.5 Å². The summed E-state index contributed by atoms with van der Waals surface area (Å²) in [7, 11) is 0. The smallest absolute Gasteiger partial charge is 0.319 e. The molecule has 2 rings (SSSR count). The molecule has 1 atom stereocenters. The zero-order valence-corrected chi connectivity index (χ0v) is 10.9. The molecule has 0 saturated carbocycles. The van der Waals surface area contributed by atoms with E-state index < -0.39 is 0 Å². The van der Waals surface area contributed by atoms with Crippen LogP contribution in [0, 0.1) is 0 Å². The van der Waals surface area contributed by atoms with Crippen LogP contribution in [0.25, 0.3) is 0 Å². The predicted octanol–water partition coefficient (Wildman–Crippen LogP) is 2.26. The van der Waals surface area contributed by atoms with E-state index in [4.69, 9.17) is 4.74 Å². The van der Waals surface area contributed by atoms with Crippen molar-refractivity contribution in [3.63, 3.8) is 0 Å². The number of esters is 1. The third-order valence-electron chi connectivity index (χ3n) is 3.38. The Bertz CT molecular complexity index is 403. The molecule has 0 aromatic heterocycles. The van der Waals surface area contributed by atoms with Crippen LogP contribution in [0.2, 0.25) is 0 Å². The Morgan fingerprint density at radius 2 is 2.28 bits per heavy atom. The first kappa shape index (κ1) is 13.1. The standard InChI is InChI=1S/C15H21NO2/c1-2-3-8-18-15(17)11-16-10-13-9-12-6-4-5-7-14(12)13/h4-7,13,16H,2-3,8-11H2,1H3. The summed E-state index contributed by atoms with van der Waals surface area (Å²) in [5.41, 5.74) is 2.86. The van der Waals surface area contributed by atoms with Gasteiger partial charge in [-0.2, -0.15) is 0 Å². The van der Waals surface area contributed by atoms with Gasteiger partial charge in [0.15, 0.2) is 0 Å². The van der Waals surface area contributed by atoms with Crippen LogP contribution in [-0.2, 0) is 16.0 Å². The molecular formula is C15H21NO2. The van der Waals surface area contributed by atoms with Gasteiger partial charge in [0.2, 0.25) is 0 Å². The largest absolute Gasteiger partial charge is 0.465 e. The third kappa shape index (κ3) is 3.33. The summed E-state index contributed by atoms with van der Waals surface area (Å²) in [6, 6.07) is 8.49. The van der Waals surface area contributed by atoms with Gasteiger partial charge in [0.1, 0.15) is 0 Å². The van der Waals surface area contributed by atoms with Gasteiger partial charge in [0.25, 0.3) is 0 Å². The average molecular weight is 247 g/mol. The first-order valence-corrected chi connectivity index (χ1v) is 6.75. The van der Waals surface area contributed by atoms with Gasteiger partial charge in [0.05, 0.1) is 13.2 Å². The maximum atomic E-state index is 11.4. The molecule has 3 nitrogen and oxygen atoms in total. The van der Waals surface area contributed by atoms with Crippen molar-refractivity contribution >= 4 is 5.97 Å². The first-order valence-electron chi connectivity index (χ1n) is 6.75. The molecule has 1 aliphatic rings. The Labute approximate surface area is 109 Å². The van der Waals surface area contributed by atoms with Gasteiger partial charge < -0.3 is 10.1 Å². The fourth-order valence-corrected chi connectivity index (χ4v) is 2.27. The van der Waals surface area contributed by atoms with Gasteiger partial charge in [0, 0.05) is 12.5 Å². The van der Waals surface area contributed by atoms with Gasteiger partial charge in [-0.1, -0.05) is 37.6 Å². The Morgan fingerprint density at radius 1 is 1.44 bits per heavy atom. The van der Waals surface area contributed by atoms with Crippen LogP contribution in [0.1, 0.15) is 36.8 Å². The van der Waals surface area contributed by atoms with E-state index in [1.54, 1.807) is 0 Å². The first-order chi connectivity index (χ1) is 8.81. The fourth-order valence-electron chi connectivity index (χ4n) is 2.27. The number of benzene rings is 1. The van der Waals surface area contributed by atoms with Crippen molar-refractivity contribution in [1.29, 1.82) is 0 Å². The molecule has 0 fully saturated rings. The molecule has 0 amide bonds. The molecule has 0 radical (unpaired) electrons. The van der Waals surface area contributed by atoms with Crippen molar-refractivity contribution in [3.05, 3.63) is 35.4 Å². The summed E-state index contributed by atoms with van der Waals surface area (Å²) >= 11 is 0. The topological polar surface area (TPSA) is 38.3 Å². The van der Waals surface area contributed by atoms with E-state index in [0.717, 1.165) is 25.8 Å². The molecule has 98 valence electrons. The van der Waals surface area contributed by atoms with Gasteiger partial charge in [-0.05, 0) is 24.0 Å². The Hall–Kier alpha value is -1.35. The van der Waals surface area contributed by atoms with E-state index in [-0.39, 0.29) is 5.97 Å². The van der Waals surface area contributed by atoms with Gasteiger partial charge in [-0.3, -0.25) is 4.79 Å². The molecular weight excluding hydrogens is 226 g/mol. The second kappa shape index (κ2) is 6.55. The highest BCUT2D eigenvalue weighted by Gasteiger charge is 2.24. The number of unbranched alkanes of at least 4 members (excludes halogenated alkanes) is 1. The van der Waals surface area contributed by atoms with Gasteiger partial charge in [-0.25, -0.2) is 0 Å². The maximum Gasteiger partial charge on any atom is 0.319 e. The minimum atomic E-state index is -0.143. The second-order valence-electron chi connectivity index (χ2n) is 4.80. The van der Waals surface area contributed by atoms with Crippen molar-refractivity contribution in [1.82, 2.24) is 5.32 Å². The van der Waals surface area contributed by atoms with E-state index >= 15 is 0 Å². The predicted molar refractivity (Wildman–Crippen MR) is 71.6 cm³/mol. The van der Waals surface area contributed by atoms with Crippen molar-refractivity contribution in [2.24, 2.45) is 0 Å². The average Bonchev–Trinajstić information content (AvgIpc) is 2.35. The lowest BCUT2D eigenvalue weighted by molar-refractivity contribution is -0.142. The summed E-state index contributed by atoms with van der Waals surface area (Å²) in [5.74, 6) is 0.417. The lowest BCUT2D eigenvalue weighted by atomic mass is 9.78. The van der Waals surface area contributed by atoms with Crippen LogP contribution < -0.4 is 5.32 Å². The highest BCUT2D eigenvalue weighted by atomic mass is 16.5. The van der Waals surface area contributed by atoms with Crippen LogP contribution in [0.5, 0.6) is 0 Å². The van der Waals surface area contributed by atoms with Crippen LogP contribution in [-0.4, -0.2) is 25.7 Å². The number of nitrogens with one attached hydrogen (secondary N) is 1. The Morgan fingerprint density at radius 3 is 3.06 bits per heavy atom. The lowest BCUT2D eigenvalue weighted by Gasteiger charge is -2.30. The molecule has 1 aromatic rings. The van der Waals surface area contributed by atoms with Crippen LogP contribution in [0.4, 0.5) is 0 Å². The minimum Gasteiger partial charge on any atom is -0.465 e. The minimum absolute atomic E-state index is 0.143. The number of ether oxygens (including phenoxy) is 1. The Balaban J connectivity index is 1.61. The van der Waals surface area contributed by atoms with Crippen molar-refractivity contribution < 1.29 is 9.53 Å². The van der Waals surface area contributed by atoms with E-state index in [0.29, 0.717) is 19.1 Å². The zero-order valence-electron chi connectivity index (χ0n) is 10.9. The van der Waals surface area contributed by atoms with Crippen molar-refractivity contribution in [2.45, 2.75) is 32.1 Å². The van der Waals surface area contributed by atoms with E-state index in [1.165, 1.54) is 11.1 Å². The monoisotopic (exact) mass is 247 g/mol. The maximum absolute atomic E-state index is 11.4. The number of fused-ring (bicyclic) bond motifs is 1. The highest BCUT2D eigenvalue weighted by molar-refractivity contribution is 5.71. The van der Waals surface area contributed by atoms with Crippen LogP contribution >= 0.6 is 0 Å². The summed E-state index contributed by atoms with van der Waals surface area (Å²) in [6.45, 7) is 3.81. The molecule has 0 spiro atoms. The van der Waals surface area contributed by atoms with Crippen LogP contribution in [0.15, 0.2) is 24.3 Å². The molecule has 1 unspecified atom stereocenters. The molecule has 1 N–H and O–H groups in total. The van der Waals surface area contributed by atoms with Crippen LogP contribution in [0.3, 0.4) is 0 Å². The fraction of sp³-hybridized carbons (Fsp3) is 0.533. The van der Waals surface area contributed by atoms with E-state index in [1.807, 2.05) is 0 Å². The molecule has 0 heterocycles. The highest BCUT2D eigenvalue weighted by Crippen LogP contribution is 2.33. The molecule has 1 aliphatic carbocycles. The summed E-state index contributed by atoms with van der Waals surface area (Å²) < 4.78 is 5.08. The summed E-state index contributed by atoms with van der Waals surface area (Å²) in [4.78, 5) is 11.4. The normalized spacial score (nSPS) is 16.8. The number of rotatable bonds is 7.